The summed E-state index contributed by atoms with van der Waals surface area (Å²) in [6, 6.07) is 7.84. The Balaban J connectivity index is 2.06. The van der Waals surface area contributed by atoms with Gasteiger partial charge in [-0.15, -0.1) is 11.3 Å². The number of nitrogens with zero attached hydrogens (tertiary/aromatic N) is 2. The standard InChI is InChI=1S/C12H11N3OS/c1-13-12-14-10(7-17-12)15-9-5-3-2-4-8(9)6-11(15)16/h2-5,7H,6H2,1H3,(H,13,14). The summed E-state index contributed by atoms with van der Waals surface area (Å²) in [6.45, 7) is 0. The van der Waals surface area contributed by atoms with E-state index in [9.17, 15) is 4.79 Å². The Hall–Kier alpha value is -1.88. The summed E-state index contributed by atoms with van der Waals surface area (Å²) >= 11 is 1.50. The van der Waals surface area contributed by atoms with Gasteiger partial charge in [-0.05, 0) is 11.6 Å². The maximum Gasteiger partial charge on any atom is 0.237 e. The highest BCUT2D eigenvalue weighted by molar-refractivity contribution is 7.14. The maximum absolute atomic E-state index is 12.0. The van der Waals surface area contributed by atoms with Crippen LogP contribution in [0.4, 0.5) is 16.6 Å². The zero-order valence-electron chi connectivity index (χ0n) is 9.30. The van der Waals surface area contributed by atoms with Crippen LogP contribution in [0, 0.1) is 0 Å². The SMILES string of the molecule is CNc1nc(N2C(=O)Cc3ccccc32)cs1. The number of anilines is 3. The number of benzene rings is 1. The molecule has 0 unspecified atom stereocenters. The molecule has 0 saturated heterocycles. The summed E-state index contributed by atoms with van der Waals surface area (Å²) in [5, 5.41) is 5.69. The molecule has 0 fully saturated rings. The number of carbonyl (C=O) groups is 1. The largest absolute Gasteiger partial charge is 0.365 e. The van der Waals surface area contributed by atoms with Crippen molar-refractivity contribution >= 4 is 33.9 Å². The van der Waals surface area contributed by atoms with Crippen molar-refractivity contribution in [1.82, 2.24) is 4.98 Å². The van der Waals surface area contributed by atoms with Gasteiger partial charge in [-0.3, -0.25) is 9.69 Å². The lowest BCUT2D eigenvalue weighted by atomic mass is 10.2. The minimum Gasteiger partial charge on any atom is -0.365 e. The van der Waals surface area contributed by atoms with Gasteiger partial charge in [0.05, 0.1) is 12.1 Å². The minimum absolute atomic E-state index is 0.0825. The fourth-order valence-electron chi connectivity index (χ4n) is 1.99. The number of thiazole rings is 1. The molecule has 1 aliphatic heterocycles. The Morgan fingerprint density at radius 1 is 1.41 bits per heavy atom. The Morgan fingerprint density at radius 2 is 2.24 bits per heavy atom. The zero-order valence-corrected chi connectivity index (χ0v) is 10.1. The molecule has 1 N–H and O–H groups in total. The Kier molecular flexibility index (Phi) is 2.33. The van der Waals surface area contributed by atoms with Crippen LogP contribution in [0.5, 0.6) is 0 Å². The molecule has 5 heteroatoms. The number of fused-ring (bicyclic) bond motifs is 1. The van der Waals surface area contributed by atoms with Crippen LogP contribution in [0.1, 0.15) is 5.56 Å². The van der Waals surface area contributed by atoms with Gasteiger partial charge in [0.2, 0.25) is 5.91 Å². The molecule has 3 rings (SSSR count). The Morgan fingerprint density at radius 3 is 3.00 bits per heavy atom. The van der Waals surface area contributed by atoms with E-state index in [2.05, 4.69) is 10.3 Å². The molecular weight excluding hydrogens is 234 g/mol. The van der Waals surface area contributed by atoms with E-state index in [1.807, 2.05) is 36.7 Å². The van der Waals surface area contributed by atoms with Crippen LogP contribution in [-0.4, -0.2) is 17.9 Å². The number of amides is 1. The molecule has 2 aromatic rings. The van der Waals surface area contributed by atoms with Gasteiger partial charge in [-0.25, -0.2) is 4.98 Å². The van der Waals surface area contributed by atoms with Crippen LogP contribution in [0.15, 0.2) is 29.6 Å². The molecule has 0 aliphatic carbocycles. The van der Waals surface area contributed by atoms with Crippen molar-refractivity contribution in [3.05, 3.63) is 35.2 Å². The first-order valence-electron chi connectivity index (χ1n) is 5.34. The van der Waals surface area contributed by atoms with Crippen LogP contribution >= 0.6 is 11.3 Å². The second kappa shape index (κ2) is 3.85. The molecule has 86 valence electrons. The van der Waals surface area contributed by atoms with Crippen molar-refractivity contribution in [2.24, 2.45) is 0 Å². The molecule has 1 aromatic carbocycles. The van der Waals surface area contributed by atoms with Crippen LogP contribution in [0.3, 0.4) is 0 Å². The molecular formula is C12H11N3OS. The molecule has 0 bridgehead atoms. The highest BCUT2D eigenvalue weighted by Gasteiger charge is 2.29. The smallest absolute Gasteiger partial charge is 0.237 e. The van der Waals surface area contributed by atoms with Gasteiger partial charge < -0.3 is 5.32 Å². The predicted molar refractivity (Wildman–Crippen MR) is 69.0 cm³/mol. The highest BCUT2D eigenvalue weighted by atomic mass is 32.1. The summed E-state index contributed by atoms with van der Waals surface area (Å²) in [5.41, 5.74) is 2.02. The van der Waals surface area contributed by atoms with Crippen LogP contribution in [-0.2, 0) is 11.2 Å². The monoisotopic (exact) mass is 245 g/mol. The lowest BCUT2D eigenvalue weighted by Crippen LogP contribution is -2.21. The highest BCUT2D eigenvalue weighted by Crippen LogP contribution is 2.36. The lowest BCUT2D eigenvalue weighted by Gasteiger charge is -2.13. The van der Waals surface area contributed by atoms with Crippen molar-refractivity contribution in [3.8, 4) is 0 Å². The maximum atomic E-state index is 12.0. The number of hydrogen-bond donors (Lipinski definition) is 1. The number of hydrogen-bond acceptors (Lipinski definition) is 4. The molecule has 17 heavy (non-hydrogen) atoms. The quantitative estimate of drug-likeness (QED) is 0.883. The molecule has 1 aliphatic rings. The van der Waals surface area contributed by atoms with Gasteiger partial charge in [0.15, 0.2) is 10.9 Å². The van der Waals surface area contributed by atoms with E-state index in [0.29, 0.717) is 12.2 Å². The van der Waals surface area contributed by atoms with Crippen molar-refractivity contribution in [1.29, 1.82) is 0 Å². The lowest BCUT2D eigenvalue weighted by molar-refractivity contribution is -0.116. The van der Waals surface area contributed by atoms with Crippen molar-refractivity contribution < 1.29 is 4.79 Å². The molecule has 0 spiro atoms. The second-order valence-electron chi connectivity index (χ2n) is 3.80. The summed E-state index contributed by atoms with van der Waals surface area (Å²) in [7, 11) is 1.82. The van der Waals surface area contributed by atoms with Gasteiger partial charge in [0.25, 0.3) is 0 Å². The van der Waals surface area contributed by atoms with Crippen LogP contribution < -0.4 is 10.2 Å². The average molecular weight is 245 g/mol. The predicted octanol–water partition coefficient (Wildman–Crippen LogP) is 2.41. The molecule has 2 heterocycles. The zero-order chi connectivity index (χ0) is 11.8. The Bertz CT molecular complexity index is 579. The second-order valence-corrected chi connectivity index (χ2v) is 4.65. The van der Waals surface area contributed by atoms with Gasteiger partial charge in [0.1, 0.15) is 0 Å². The fraction of sp³-hybridized carbons (Fsp3) is 0.167. The van der Waals surface area contributed by atoms with Crippen LogP contribution in [0.2, 0.25) is 0 Å². The van der Waals surface area contributed by atoms with E-state index in [0.717, 1.165) is 16.4 Å². The summed E-state index contributed by atoms with van der Waals surface area (Å²) in [6.07, 6.45) is 0.461. The summed E-state index contributed by atoms with van der Waals surface area (Å²) in [4.78, 5) is 18.1. The van der Waals surface area contributed by atoms with E-state index in [1.54, 1.807) is 4.90 Å². The van der Waals surface area contributed by atoms with Crippen molar-refractivity contribution in [2.45, 2.75) is 6.42 Å². The van der Waals surface area contributed by atoms with E-state index >= 15 is 0 Å². The summed E-state index contributed by atoms with van der Waals surface area (Å²) < 4.78 is 0. The van der Waals surface area contributed by atoms with E-state index < -0.39 is 0 Å². The van der Waals surface area contributed by atoms with E-state index in [-0.39, 0.29) is 5.91 Å². The van der Waals surface area contributed by atoms with Crippen molar-refractivity contribution in [2.75, 3.05) is 17.3 Å². The Labute approximate surface area is 103 Å². The first-order chi connectivity index (χ1) is 8.29. The normalized spacial score (nSPS) is 13.9. The van der Waals surface area contributed by atoms with E-state index in [4.69, 9.17) is 0 Å². The molecule has 0 atom stereocenters. The number of nitrogens with one attached hydrogen (secondary N) is 1. The summed E-state index contributed by atoms with van der Waals surface area (Å²) in [5.74, 6) is 0.786. The van der Waals surface area contributed by atoms with Crippen LogP contribution in [0.25, 0.3) is 0 Å². The molecule has 1 aromatic heterocycles. The number of aromatic nitrogens is 1. The van der Waals surface area contributed by atoms with Gasteiger partial charge in [0, 0.05) is 12.4 Å². The molecule has 1 amide bonds. The topological polar surface area (TPSA) is 45.2 Å². The van der Waals surface area contributed by atoms with Gasteiger partial charge in [-0.1, -0.05) is 18.2 Å². The number of carbonyl (C=O) groups excluding carboxylic acids is 1. The third kappa shape index (κ3) is 1.59. The van der Waals surface area contributed by atoms with Crippen molar-refractivity contribution in [3.63, 3.8) is 0 Å². The number of para-hydroxylation sites is 1. The van der Waals surface area contributed by atoms with Gasteiger partial charge in [-0.2, -0.15) is 0 Å². The first kappa shape index (κ1) is 10.3. The minimum atomic E-state index is 0.0825. The molecule has 0 radical (unpaired) electrons. The fourth-order valence-corrected chi connectivity index (χ4v) is 2.63. The average Bonchev–Trinajstić information content (AvgIpc) is 2.91. The third-order valence-electron chi connectivity index (χ3n) is 2.76. The van der Waals surface area contributed by atoms with E-state index in [1.165, 1.54) is 11.3 Å². The van der Waals surface area contributed by atoms with Gasteiger partial charge >= 0.3 is 0 Å². The molecule has 0 saturated carbocycles. The number of rotatable bonds is 2. The first-order valence-corrected chi connectivity index (χ1v) is 6.21. The third-order valence-corrected chi connectivity index (χ3v) is 3.61. The molecule has 4 nitrogen and oxygen atoms in total.